The summed E-state index contributed by atoms with van der Waals surface area (Å²) < 4.78 is 44.8. The summed E-state index contributed by atoms with van der Waals surface area (Å²) in [5.41, 5.74) is 0.479. The molecule has 0 amide bonds. The summed E-state index contributed by atoms with van der Waals surface area (Å²) in [4.78, 5) is 0. The quantitative estimate of drug-likeness (QED) is 0.777. The van der Waals surface area contributed by atoms with E-state index in [1.165, 1.54) is 26.4 Å². The van der Waals surface area contributed by atoms with Gasteiger partial charge >= 0.3 is 0 Å². The van der Waals surface area contributed by atoms with Gasteiger partial charge in [0, 0.05) is 10.7 Å². The van der Waals surface area contributed by atoms with Crippen molar-refractivity contribution in [2.24, 2.45) is 0 Å². The highest BCUT2D eigenvalue weighted by atomic mass is 35.7. The van der Waals surface area contributed by atoms with Crippen molar-refractivity contribution in [1.82, 2.24) is 0 Å². The summed E-state index contributed by atoms with van der Waals surface area (Å²) in [6.07, 6.45) is 0. The van der Waals surface area contributed by atoms with Crippen molar-refractivity contribution in [3.63, 3.8) is 0 Å². The highest BCUT2D eigenvalue weighted by Crippen LogP contribution is 2.32. The van der Waals surface area contributed by atoms with Crippen molar-refractivity contribution >= 4 is 19.7 Å². The van der Waals surface area contributed by atoms with Crippen molar-refractivity contribution in [2.45, 2.75) is 12.4 Å². The summed E-state index contributed by atoms with van der Waals surface area (Å²) in [7, 11) is 4.22. The molecular formula is C10H12ClFO4S. The fourth-order valence-corrected chi connectivity index (χ4v) is 2.40. The van der Waals surface area contributed by atoms with E-state index in [1.807, 2.05) is 0 Å². The van der Waals surface area contributed by atoms with Gasteiger partial charge in [0.15, 0.2) is 11.5 Å². The van der Waals surface area contributed by atoms with E-state index in [0.717, 1.165) is 0 Å². The summed E-state index contributed by atoms with van der Waals surface area (Å²) in [6.45, 7) is -0.803. The number of methoxy groups -OCH3 is 2. The summed E-state index contributed by atoms with van der Waals surface area (Å²) in [5.74, 6) is 0.227. The number of halogens is 2. The zero-order chi connectivity index (χ0) is 13.1. The van der Waals surface area contributed by atoms with Crippen molar-refractivity contribution < 1.29 is 22.3 Å². The maximum Gasteiger partial charge on any atom is 0.236 e. The van der Waals surface area contributed by atoms with Crippen LogP contribution in [0.2, 0.25) is 0 Å². The molecule has 1 aromatic carbocycles. The fourth-order valence-electron chi connectivity index (χ4n) is 1.41. The van der Waals surface area contributed by atoms with E-state index in [0.29, 0.717) is 11.5 Å². The van der Waals surface area contributed by atoms with Gasteiger partial charge in [-0.25, -0.2) is 12.8 Å². The van der Waals surface area contributed by atoms with Crippen molar-refractivity contribution in [2.75, 3.05) is 14.2 Å². The zero-order valence-electron chi connectivity index (χ0n) is 9.37. The molecule has 0 aromatic heterocycles. The van der Waals surface area contributed by atoms with Gasteiger partial charge < -0.3 is 9.47 Å². The Hall–Kier alpha value is -1.01. The summed E-state index contributed by atoms with van der Waals surface area (Å²) in [6, 6.07) is 2.81. The number of benzene rings is 1. The van der Waals surface area contributed by atoms with Crippen LogP contribution in [0.1, 0.15) is 11.1 Å². The lowest BCUT2D eigenvalue weighted by Crippen LogP contribution is -2.01. The normalized spacial score (nSPS) is 11.3. The monoisotopic (exact) mass is 282 g/mol. The van der Waals surface area contributed by atoms with Crippen LogP contribution in [0.15, 0.2) is 12.1 Å². The topological polar surface area (TPSA) is 52.6 Å². The van der Waals surface area contributed by atoms with Crippen LogP contribution in [0.4, 0.5) is 4.39 Å². The van der Waals surface area contributed by atoms with Gasteiger partial charge in [0.05, 0.1) is 20.0 Å². The van der Waals surface area contributed by atoms with E-state index in [1.54, 1.807) is 0 Å². The second-order valence-corrected chi connectivity index (χ2v) is 6.07. The molecule has 0 aliphatic rings. The first kappa shape index (κ1) is 14.1. The molecule has 7 heteroatoms. The third kappa shape index (κ3) is 3.74. The number of alkyl halides is 1. The third-order valence-corrected chi connectivity index (χ3v) is 3.16. The van der Waals surface area contributed by atoms with Gasteiger partial charge in [-0.3, -0.25) is 0 Å². The minimum absolute atomic E-state index is 0.215. The largest absolute Gasteiger partial charge is 0.493 e. The van der Waals surface area contributed by atoms with Crippen molar-refractivity contribution in [3.05, 3.63) is 23.3 Å². The second kappa shape index (κ2) is 5.55. The van der Waals surface area contributed by atoms with Gasteiger partial charge in [0.25, 0.3) is 0 Å². The molecule has 0 spiro atoms. The van der Waals surface area contributed by atoms with Crippen LogP contribution >= 0.6 is 10.7 Å². The molecule has 0 unspecified atom stereocenters. The van der Waals surface area contributed by atoms with Gasteiger partial charge in [0.2, 0.25) is 9.05 Å². The maximum atomic E-state index is 12.8. The van der Waals surface area contributed by atoms with Gasteiger partial charge in [0.1, 0.15) is 6.67 Å². The Labute approximate surface area is 104 Å². The van der Waals surface area contributed by atoms with Crippen LogP contribution in [0.3, 0.4) is 0 Å². The molecule has 0 saturated heterocycles. The van der Waals surface area contributed by atoms with Gasteiger partial charge in [-0.1, -0.05) is 0 Å². The Kier molecular flexibility index (Phi) is 4.59. The lowest BCUT2D eigenvalue weighted by Gasteiger charge is -2.12. The lowest BCUT2D eigenvalue weighted by molar-refractivity contribution is 0.353. The van der Waals surface area contributed by atoms with Crippen LogP contribution < -0.4 is 9.47 Å². The minimum atomic E-state index is -3.75. The van der Waals surface area contributed by atoms with Crippen molar-refractivity contribution in [3.8, 4) is 11.5 Å². The Morgan fingerprint density at radius 2 is 1.65 bits per heavy atom. The molecule has 0 atom stereocenters. The van der Waals surface area contributed by atoms with Gasteiger partial charge in [-0.05, 0) is 23.3 Å². The van der Waals surface area contributed by atoms with E-state index >= 15 is 0 Å². The number of rotatable bonds is 5. The van der Waals surface area contributed by atoms with Crippen LogP contribution in [-0.4, -0.2) is 22.6 Å². The van der Waals surface area contributed by atoms with E-state index < -0.39 is 21.5 Å². The first-order valence-electron chi connectivity index (χ1n) is 4.63. The molecular weight excluding hydrogens is 271 g/mol. The Morgan fingerprint density at radius 3 is 2.00 bits per heavy atom. The molecule has 0 radical (unpaired) electrons. The SMILES string of the molecule is COc1cc(CF)c(CS(=O)(=O)Cl)cc1OC. The molecule has 4 nitrogen and oxygen atoms in total. The molecule has 0 fully saturated rings. The number of hydrogen-bond donors (Lipinski definition) is 0. The van der Waals surface area contributed by atoms with E-state index in [-0.39, 0.29) is 11.1 Å². The molecule has 17 heavy (non-hydrogen) atoms. The molecule has 1 aromatic rings. The fraction of sp³-hybridized carbons (Fsp3) is 0.400. The maximum absolute atomic E-state index is 12.8. The third-order valence-electron chi connectivity index (χ3n) is 2.18. The van der Waals surface area contributed by atoms with E-state index in [9.17, 15) is 12.8 Å². The molecule has 0 N–H and O–H groups in total. The van der Waals surface area contributed by atoms with Crippen molar-refractivity contribution in [1.29, 1.82) is 0 Å². The predicted octanol–water partition coefficient (Wildman–Crippen LogP) is 2.24. The zero-order valence-corrected chi connectivity index (χ0v) is 10.9. The van der Waals surface area contributed by atoms with Crippen LogP contribution in [0.25, 0.3) is 0 Å². The smallest absolute Gasteiger partial charge is 0.236 e. The molecule has 96 valence electrons. The van der Waals surface area contributed by atoms with E-state index in [4.69, 9.17) is 20.2 Å². The first-order valence-corrected chi connectivity index (χ1v) is 7.11. The van der Waals surface area contributed by atoms with Gasteiger partial charge in [-0.15, -0.1) is 0 Å². The highest BCUT2D eigenvalue weighted by molar-refractivity contribution is 8.13. The molecule has 0 bridgehead atoms. The first-order chi connectivity index (χ1) is 7.91. The molecule has 0 aliphatic carbocycles. The standard InChI is InChI=1S/C10H12ClFO4S/c1-15-9-3-7(5-12)8(4-10(9)16-2)6-17(11,13)14/h3-4H,5-6H2,1-2H3. The minimum Gasteiger partial charge on any atom is -0.493 e. The summed E-state index contributed by atoms with van der Waals surface area (Å²) >= 11 is 0. The molecule has 0 saturated carbocycles. The number of hydrogen-bond acceptors (Lipinski definition) is 4. The Morgan fingerprint density at radius 1 is 1.18 bits per heavy atom. The Bertz CT molecular complexity index is 501. The predicted molar refractivity (Wildman–Crippen MR) is 62.8 cm³/mol. The molecule has 0 aliphatic heterocycles. The summed E-state index contributed by atoms with van der Waals surface area (Å²) in [5, 5.41) is 0. The Balaban J connectivity index is 3.28. The molecule has 0 heterocycles. The average Bonchev–Trinajstić information content (AvgIpc) is 2.26. The van der Waals surface area contributed by atoms with Crippen LogP contribution in [0, 0.1) is 0 Å². The van der Waals surface area contributed by atoms with Crippen LogP contribution in [-0.2, 0) is 21.5 Å². The molecule has 1 rings (SSSR count). The van der Waals surface area contributed by atoms with Gasteiger partial charge in [-0.2, -0.15) is 0 Å². The number of ether oxygens (including phenoxy) is 2. The van der Waals surface area contributed by atoms with E-state index in [2.05, 4.69) is 0 Å². The van der Waals surface area contributed by atoms with Crippen LogP contribution in [0.5, 0.6) is 11.5 Å². The highest BCUT2D eigenvalue weighted by Gasteiger charge is 2.15. The lowest BCUT2D eigenvalue weighted by atomic mass is 10.1. The average molecular weight is 283 g/mol. The second-order valence-electron chi connectivity index (χ2n) is 3.29.